The summed E-state index contributed by atoms with van der Waals surface area (Å²) < 4.78 is 1.74. The maximum atomic E-state index is 6.42. The summed E-state index contributed by atoms with van der Waals surface area (Å²) in [6, 6.07) is 10.8. The molecule has 3 aromatic heterocycles. The number of aromatic nitrogens is 4. The van der Waals surface area contributed by atoms with Crippen molar-refractivity contribution in [1.82, 2.24) is 24.9 Å². The number of thioether (sulfide) groups is 1. The minimum Gasteiger partial charge on any atom is -0.383 e. The van der Waals surface area contributed by atoms with Crippen molar-refractivity contribution in [3.8, 4) is 11.1 Å². The van der Waals surface area contributed by atoms with Gasteiger partial charge in [0.15, 0.2) is 5.65 Å². The molecule has 0 unspecified atom stereocenters. The van der Waals surface area contributed by atoms with Crippen molar-refractivity contribution in [2.45, 2.75) is 32.4 Å². The fourth-order valence-corrected chi connectivity index (χ4v) is 4.99. The summed E-state index contributed by atoms with van der Waals surface area (Å²) in [7, 11) is 0. The molecule has 1 aromatic carbocycles. The Bertz CT molecular complexity index is 1180. The lowest BCUT2D eigenvalue weighted by Crippen LogP contribution is -2.32. The molecular weight excluding hydrogens is 380 g/mol. The van der Waals surface area contributed by atoms with E-state index in [2.05, 4.69) is 27.5 Å². The maximum absolute atomic E-state index is 6.42. The van der Waals surface area contributed by atoms with E-state index in [0.717, 1.165) is 45.5 Å². The van der Waals surface area contributed by atoms with Crippen LogP contribution in [-0.2, 0) is 6.54 Å². The molecule has 0 aliphatic carbocycles. The average Bonchev–Trinajstić information content (AvgIpc) is 3.19. The second-order valence-electron chi connectivity index (χ2n) is 7.55. The number of pyridine rings is 1. The monoisotopic (exact) mass is 404 g/mol. The van der Waals surface area contributed by atoms with E-state index in [1.807, 2.05) is 49.3 Å². The zero-order valence-electron chi connectivity index (χ0n) is 16.4. The van der Waals surface area contributed by atoms with Gasteiger partial charge in [-0.25, -0.2) is 4.98 Å². The van der Waals surface area contributed by atoms with Crippen LogP contribution in [0.1, 0.15) is 24.1 Å². The van der Waals surface area contributed by atoms with Crippen LogP contribution in [0.5, 0.6) is 0 Å². The molecule has 0 saturated carbocycles. The van der Waals surface area contributed by atoms with Gasteiger partial charge in [0, 0.05) is 40.9 Å². The van der Waals surface area contributed by atoms with Gasteiger partial charge in [-0.15, -0.1) is 0 Å². The molecule has 1 aliphatic rings. The molecule has 0 amide bonds. The lowest BCUT2D eigenvalue weighted by molar-refractivity contribution is 0.478. The third kappa shape index (κ3) is 3.45. The van der Waals surface area contributed by atoms with Crippen molar-refractivity contribution in [3.63, 3.8) is 0 Å². The number of hydrogen-bond donors (Lipinski definition) is 2. The number of nitrogens with zero attached hydrogens (tertiary/aromatic N) is 4. The number of nitrogens with two attached hydrogens (primary N) is 1. The Morgan fingerprint density at radius 3 is 2.90 bits per heavy atom. The van der Waals surface area contributed by atoms with Gasteiger partial charge in [0.25, 0.3) is 0 Å². The van der Waals surface area contributed by atoms with E-state index in [4.69, 9.17) is 10.7 Å². The molecule has 5 rings (SSSR count). The summed E-state index contributed by atoms with van der Waals surface area (Å²) in [4.78, 5) is 9.55. The maximum Gasteiger partial charge on any atom is 0.165 e. The van der Waals surface area contributed by atoms with E-state index < -0.39 is 0 Å². The minimum atomic E-state index is 0.559. The number of benzene rings is 1. The molecule has 0 atom stereocenters. The SMILES string of the molecule is Cc1c(CNC2CCSCC2)nc2c(-c3cnc4ccccc4c3)cnn2c1N. The fourth-order valence-electron chi connectivity index (χ4n) is 3.88. The van der Waals surface area contributed by atoms with Crippen LogP contribution in [0.15, 0.2) is 42.7 Å². The molecule has 4 heterocycles. The Kier molecular flexibility index (Phi) is 4.85. The smallest absolute Gasteiger partial charge is 0.165 e. The Balaban J connectivity index is 1.53. The topological polar surface area (TPSA) is 81.1 Å². The zero-order valence-corrected chi connectivity index (χ0v) is 17.2. The highest BCUT2D eigenvalue weighted by molar-refractivity contribution is 7.99. The number of anilines is 1. The first-order chi connectivity index (χ1) is 14.2. The number of para-hydroxylation sites is 1. The predicted octanol–water partition coefficient (Wildman–Crippen LogP) is 3.82. The second-order valence-corrected chi connectivity index (χ2v) is 8.77. The molecule has 1 saturated heterocycles. The van der Waals surface area contributed by atoms with Crippen molar-refractivity contribution in [2.24, 2.45) is 0 Å². The number of fused-ring (bicyclic) bond motifs is 2. The standard InChI is InChI=1S/C22H24N6S/c1-14-20(13-24-17-6-8-29-9-7-17)27-22-18(12-26-28(22)21(14)23)16-10-15-4-2-3-5-19(15)25-11-16/h2-5,10-12,17,24H,6-9,13,23H2,1H3. The number of hydrogen-bond acceptors (Lipinski definition) is 6. The average molecular weight is 405 g/mol. The van der Waals surface area contributed by atoms with Gasteiger partial charge >= 0.3 is 0 Å². The van der Waals surface area contributed by atoms with E-state index in [9.17, 15) is 0 Å². The number of nitrogens with one attached hydrogen (secondary N) is 1. The van der Waals surface area contributed by atoms with Gasteiger partial charge in [-0.1, -0.05) is 18.2 Å². The lowest BCUT2D eigenvalue weighted by atomic mass is 10.1. The van der Waals surface area contributed by atoms with Crippen molar-refractivity contribution in [3.05, 3.63) is 54.0 Å². The van der Waals surface area contributed by atoms with Crippen LogP contribution in [0.2, 0.25) is 0 Å². The highest BCUT2D eigenvalue weighted by Gasteiger charge is 2.18. The van der Waals surface area contributed by atoms with E-state index in [1.54, 1.807) is 4.52 Å². The van der Waals surface area contributed by atoms with Gasteiger partial charge in [-0.05, 0) is 43.4 Å². The normalized spacial score (nSPS) is 15.3. The third-order valence-corrected chi connectivity index (χ3v) is 6.76. The van der Waals surface area contributed by atoms with E-state index in [-0.39, 0.29) is 0 Å². The van der Waals surface area contributed by atoms with Gasteiger partial charge in [0.2, 0.25) is 0 Å². The first-order valence-electron chi connectivity index (χ1n) is 9.99. The Morgan fingerprint density at radius 1 is 1.21 bits per heavy atom. The quantitative estimate of drug-likeness (QED) is 0.538. The van der Waals surface area contributed by atoms with Gasteiger partial charge in [0.05, 0.1) is 17.4 Å². The molecule has 4 aromatic rings. The van der Waals surface area contributed by atoms with Gasteiger partial charge in [-0.3, -0.25) is 4.98 Å². The summed E-state index contributed by atoms with van der Waals surface area (Å²) in [5.74, 6) is 3.10. The predicted molar refractivity (Wildman–Crippen MR) is 120 cm³/mol. The van der Waals surface area contributed by atoms with Crippen molar-refractivity contribution < 1.29 is 0 Å². The molecule has 0 spiro atoms. The van der Waals surface area contributed by atoms with Gasteiger partial charge in [0.1, 0.15) is 5.82 Å². The Morgan fingerprint density at radius 2 is 2.03 bits per heavy atom. The van der Waals surface area contributed by atoms with Crippen LogP contribution in [-0.4, -0.2) is 37.1 Å². The van der Waals surface area contributed by atoms with Crippen LogP contribution < -0.4 is 11.1 Å². The fraction of sp³-hybridized carbons (Fsp3) is 0.318. The Labute approximate surface area is 173 Å². The highest BCUT2D eigenvalue weighted by Crippen LogP contribution is 2.28. The van der Waals surface area contributed by atoms with Crippen LogP contribution in [0.25, 0.3) is 27.7 Å². The molecule has 148 valence electrons. The molecule has 1 fully saturated rings. The lowest BCUT2D eigenvalue weighted by Gasteiger charge is -2.23. The molecule has 29 heavy (non-hydrogen) atoms. The largest absolute Gasteiger partial charge is 0.383 e. The van der Waals surface area contributed by atoms with Crippen LogP contribution >= 0.6 is 11.8 Å². The number of rotatable bonds is 4. The first kappa shape index (κ1) is 18.4. The van der Waals surface area contributed by atoms with Gasteiger partial charge in [-0.2, -0.15) is 21.4 Å². The molecular formula is C22H24N6S. The van der Waals surface area contributed by atoms with Gasteiger partial charge < -0.3 is 11.1 Å². The van der Waals surface area contributed by atoms with Crippen LogP contribution in [0.4, 0.5) is 5.82 Å². The third-order valence-electron chi connectivity index (χ3n) is 5.71. The highest BCUT2D eigenvalue weighted by atomic mass is 32.2. The van der Waals surface area contributed by atoms with Crippen LogP contribution in [0.3, 0.4) is 0 Å². The summed E-state index contributed by atoms with van der Waals surface area (Å²) >= 11 is 2.04. The molecule has 0 bridgehead atoms. The molecule has 0 radical (unpaired) electrons. The van der Waals surface area contributed by atoms with Crippen LogP contribution in [0, 0.1) is 6.92 Å². The molecule has 3 N–H and O–H groups in total. The summed E-state index contributed by atoms with van der Waals surface area (Å²) in [5.41, 5.74) is 12.1. The van der Waals surface area contributed by atoms with E-state index >= 15 is 0 Å². The summed E-state index contributed by atoms with van der Waals surface area (Å²) in [6.45, 7) is 2.75. The number of nitrogen functional groups attached to an aromatic ring is 1. The Hall–Kier alpha value is -2.64. The molecule has 6 nitrogen and oxygen atoms in total. The van der Waals surface area contributed by atoms with Crippen molar-refractivity contribution >= 4 is 34.1 Å². The minimum absolute atomic E-state index is 0.559. The van der Waals surface area contributed by atoms with E-state index in [1.165, 1.54) is 24.3 Å². The first-order valence-corrected chi connectivity index (χ1v) is 11.1. The summed E-state index contributed by atoms with van der Waals surface area (Å²) in [5, 5.41) is 9.28. The van der Waals surface area contributed by atoms with Crippen molar-refractivity contribution in [1.29, 1.82) is 0 Å². The van der Waals surface area contributed by atoms with Crippen molar-refractivity contribution in [2.75, 3.05) is 17.2 Å². The summed E-state index contributed by atoms with van der Waals surface area (Å²) in [6.07, 6.45) is 6.14. The van der Waals surface area contributed by atoms with E-state index in [0.29, 0.717) is 11.9 Å². The molecule has 7 heteroatoms. The molecule has 1 aliphatic heterocycles. The second kappa shape index (κ2) is 7.65. The zero-order chi connectivity index (χ0) is 19.8.